The molecule has 3 aromatic rings. The Balaban J connectivity index is 1.46. The smallest absolute Gasteiger partial charge is 0.262 e. The molecule has 42 heavy (non-hydrogen) atoms. The third-order valence-electron chi connectivity index (χ3n) is 7.71. The number of rotatable bonds is 10. The van der Waals surface area contributed by atoms with Gasteiger partial charge in [-0.2, -0.15) is 5.10 Å². The van der Waals surface area contributed by atoms with Gasteiger partial charge in [0.1, 0.15) is 18.0 Å². The molecule has 2 aliphatic heterocycles. The van der Waals surface area contributed by atoms with Crippen LogP contribution in [0.4, 0.5) is 0 Å². The summed E-state index contributed by atoms with van der Waals surface area (Å²) in [5.74, 6) is 0.657. The van der Waals surface area contributed by atoms with Crippen LogP contribution in [0.15, 0.2) is 65.9 Å². The summed E-state index contributed by atoms with van der Waals surface area (Å²) in [5, 5.41) is 6.66. The highest BCUT2D eigenvalue weighted by atomic mass is 35.5. The fourth-order valence-electron chi connectivity index (χ4n) is 5.38. The number of nitrogens with zero attached hydrogens (tertiary/aromatic N) is 5. The number of carbonyl (C=O) groups is 2. The van der Waals surface area contributed by atoms with E-state index in [9.17, 15) is 9.59 Å². The van der Waals surface area contributed by atoms with E-state index in [0.717, 1.165) is 30.1 Å². The number of hydrazone groups is 1. The van der Waals surface area contributed by atoms with E-state index in [1.807, 2.05) is 48.1 Å². The summed E-state index contributed by atoms with van der Waals surface area (Å²) in [7, 11) is 5.14. The van der Waals surface area contributed by atoms with Crippen molar-refractivity contribution in [2.75, 3.05) is 60.2 Å². The average molecular weight is 594 g/mol. The van der Waals surface area contributed by atoms with Crippen molar-refractivity contribution < 1.29 is 23.8 Å². The normalized spacial score (nSPS) is 17.2. The first-order valence-corrected chi connectivity index (χ1v) is 14.3. The Hall–Kier alpha value is -3.86. The number of hydrogen-bond acceptors (Lipinski definition) is 7. The molecule has 222 valence electrons. The average Bonchev–Trinajstić information content (AvgIpc) is 3.65. The standard InChI is InChI=1S/C31H36ClN5O5/c1-34-12-6-9-27(34)26-20-28(24-19-22(40-2)10-11-29(24)41-3)37(33-26)30(38)21-36(14-13-35-15-17-42-18-16-35)31(39)23-7-4-5-8-25(23)32/h4-12,19,28H,13-18,20-21H2,1-3H3. The van der Waals surface area contributed by atoms with Gasteiger partial charge in [-0.05, 0) is 42.5 Å². The molecule has 0 radical (unpaired) electrons. The third-order valence-corrected chi connectivity index (χ3v) is 8.04. The van der Waals surface area contributed by atoms with Crippen molar-refractivity contribution >= 4 is 29.1 Å². The predicted molar refractivity (Wildman–Crippen MR) is 160 cm³/mol. The molecule has 0 bridgehead atoms. The van der Waals surface area contributed by atoms with Crippen LogP contribution in [-0.2, 0) is 16.6 Å². The molecular formula is C31H36ClN5O5. The van der Waals surface area contributed by atoms with Crippen LogP contribution < -0.4 is 9.47 Å². The Kier molecular flexibility index (Phi) is 9.46. The molecule has 0 spiro atoms. The second-order valence-corrected chi connectivity index (χ2v) is 10.7. The van der Waals surface area contributed by atoms with Crippen molar-refractivity contribution in [3.05, 3.63) is 82.6 Å². The van der Waals surface area contributed by atoms with Gasteiger partial charge in [-0.25, -0.2) is 5.01 Å². The Labute approximate surface area is 251 Å². The molecule has 1 saturated heterocycles. The largest absolute Gasteiger partial charge is 0.497 e. The second kappa shape index (κ2) is 13.4. The molecule has 5 rings (SSSR count). The van der Waals surface area contributed by atoms with Gasteiger partial charge in [0.25, 0.3) is 11.8 Å². The molecule has 3 heterocycles. The molecule has 2 aromatic carbocycles. The van der Waals surface area contributed by atoms with Crippen molar-refractivity contribution in [1.82, 2.24) is 19.4 Å². The summed E-state index contributed by atoms with van der Waals surface area (Å²) in [6, 6.07) is 15.9. The van der Waals surface area contributed by atoms with E-state index in [2.05, 4.69) is 4.90 Å². The molecule has 10 nitrogen and oxygen atoms in total. The van der Waals surface area contributed by atoms with Gasteiger partial charge < -0.3 is 23.7 Å². The number of methoxy groups -OCH3 is 2. The van der Waals surface area contributed by atoms with E-state index in [1.165, 1.54) is 5.01 Å². The Bertz CT molecular complexity index is 1450. The lowest BCUT2D eigenvalue weighted by Crippen LogP contribution is -2.46. The monoisotopic (exact) mass is 593 g/mol. The lowest BCUT2D eigenvalue weighted by Gasteiger charge is -2.31. The van der Waals surface area contributed by atoms with E-state index in [0.29, 0.717) is 54.8 Å². The molecule has 1 atom stereocenters. The fraction of sp³-hybridized carbons (Fsp3) is 0.387. The summed E-state index contributed by atoms with van der Waals surface area (Å²) in [6.45, 7) is 3.63. The van der Waals surface area contributed by atoms with Gasteiger partial charge in [0.2, 0.25) is 0 Å². The molecule has 1 fully saturated rings. The van der Waals surface area contributed by atoms with Crippen molar-refractivity contribution in [1.29, 1.82) is 0 Å². The summed E-state index contributed by atoms with van der Waals surface area (Å²) in [5.41, 5.74) is 2.81. The van der Waals surface area contributed by atoms with Crippen molar-refractivity contribution in [3.63, 3.8) is 0 Å². The van der Waals surface area contributed by atoms with Crippen LogP contribution in [-0.4, -0.2) is 97.1 Å². The molecule has 0 aliphatic carbocycles. The molecule has 0 saturated carbocycles. The summed E-state index contributed by atoms with van der Waals surface area (Å²) in [6.07, 6.45) is 2.42. The van der Waals surface area contributed by atoms with Gasteiger partial charge in [0.05, 0.1) is 55.5 Å². The van der Waals surface area contributed by atoms with E-state index < -0.39 is 6.04 Å². The zero-order valence-corrected chi connectivity index (χ0v) is 24.9. The SMILES string of the molecule is COc1ccc(OC)c(C2CC(c3cccn3C)=NN2C(=O)CN(CCN2CCOCC2)C(=O)c2ccccc2Cl)c1. The molecular weight excluding hydrogens is 558 g/mol. The molecule has 0 N–H and O–H groups in total. The van der Waals surface area contributed by atoms with Gasteiger partial charge in [0, 0.05) is 51.4 Å². The van der Waals surface area contributed by atoms with Gasteiger partial charge in [-0.15, -0.1) is 0 Å². The molecule has 2 amide bonds. The van der Waals surface area contributed by atoms with E-state index in [-0.39, 0.29) is 18.4 Å². The first kappa shape index (κ1) is 29.6. The zero-order chi connectivity index (χ0) is 29.6. The maximum Gasteiger partial charge on any atom is 0.262 e. The van der Waals surface area contributed by atoms with Crippen LogP contribution in [0.2, 0.25) is 5.02 Å². The summed E-state index contributed by atoms with van der Waals surface area (Å²) in [4.78, 5) is 31.7. The number of ether oxygens (including phenoxy) is 3. The Morgan fingerprint density at radius 3 is 2.55 bits per heavy atom. The molecule has 2 aliphatic rings. The first-order valence-electron chi connectivity index (χ1n) is 14.0. The minimum absolute atomic E-state index is 0.166. The number of hydrogen-bond donors (Lipinski definition) is 0. The van der Waals surface area contributed by atoms with E-state index in [4.69, 9.17) is 30.9 Å². The van der Waals surface area contributed by atoms with Crippen LogP contribution in [0.1, 0.15) is 34.1 Å². The lowest BCUT2D eigenvalue weighted by atomic mass is 9.99. The van der Waals surface area contributed by atoms with Gasteiger partial charge in [-0.1, -0.05) is 23.7 Å². The van der Waals surface area contributed by atoms with Gasteiger partial charge >= 0.3 is 0 Å². The predicted octanol–water partition coefficient (Wildman–Crippen LogP) is 3.85. The van der Waals surface area contributed by atoms with E-state index in [1.54, 1.807) is 43.4 Å². The minimum atomic E-state index is -0.455. The fourth-order valence-corrected chi connectivity index (χ4v) is 5.59. The van der Waals surface area contributed by atoms with Crippen molar-refractivity contribution in [2.45, 2.75) is 12.5 Å². The van der Waals surface area contributed by atoms with E-state index >= 15 is 0 Å². The summed E-state index contributed by atoms with van der Waals surface area (Å²) < 4.78 is 18.6. The highest BCUT2D eigenvalue weighted by Crippen LogP contribution is 2.39. The second-order valence-electron chi connectivity index (χ2n) is 10.3. The number of aryl methyl sites for hydroxylation is 1. The maximum atomic E-state index is 14.1. The van der Waals surface area contributed by atoms with Crippen LogP contribution >= 0.6 is 11.6 Å². The number of halogens is 1. The third kappa shape index (κ3) is 6.46. The number of benzene rings is 2. The van der Waals surface area contributed by atoms with Crippen LogP contribution in [0, 0.1) is 0 Å². The minimum Gasteiger partial charge on any atom is -0.497 e. The van der Waals surface area contributed by atoms with Gasteiger partial charge in [-0.3, -0.25) is 14.5 Å². The molecule has 1 aromatic heterocycles. The van der Waals surface area contributed by atoms with Crippen molar-refractivity contribution in [3.8, 4) is 11.5 Å². The van der Waals surface area contributed by atoms with Crippen LogP contribution in [0.3, 0.4) is 0 Å². The first-order chi connectivity index (χ1) is 20.4. The van der Waals surface area contributed by atoms with Crippen LogP contribution in [0.25, 0.3) is 0 Å². The Morgan fingerprint density at radius 1 is 1.07 bits per heavy atom. The maximum absolute atomic E-state index is 14.1. The zero-order valence-electron chi connectivity index (χ0n) is 24.2. The Morgan fingerprint density at radius 2 is 1.86 bits per heavy atom. The number of aromatic nitrogens is 1. The number of morpholine rings is 1. The van der Waals surface area contributed by atoms with Crippen molar-refractivity contribution in [2.24, 2.45) is 12.1 Å². The van der Waals surface area contributed by atoms with Crippen LogP contribution in [0.5, 0.6) is 11.5 Å². The molecule has 1 unspecified atom stereocenters. The highest BCUT2D eigenvalue weighted by Gasteiger charge is 2.37. The summed E-state index contributed by atoms with van der Waals surface area (Å²) >= 11 is 6.41. The number of carbonyl (C=O) groups excluding carboxylic acids is 2. The highest BCUT2D eigenvalue weighted by molar-refractivity contribution is 6.33. The molecule has 11 heteroatoms. The topological polar surface area (TPSA) is 88.8 Å². The lowest BCUT2D eigenvalue weighted by molar-refractivity contribution is -0.133. The van der Waals surface area contributed by atoms with Gasteiger partial charge in [0.15, 0.2) is 0 Å². The quantitative estimate of drug-likeness (QED) is 0.355. The number of amides is 2.